The van der Waals surface area contributed by atoms with Crippen LogP contribution in [-0.4, -0.2) is 50.6 Å². The highest BCUT2D eigenvalue weighted by Crippen LogP contribution is 2.33. The summed E-state index contributed by atoms with van der Waals surface area (Å²) >= 11 is 0. The molecule has 8 nitrogen and oxygen atoms in total. The summed E-state index contributed by atoms with van der Waals surface area (Å²) in [6, 6.07) is 4.10. The minimum absolute atomic E-state index is 0.219. The number of aromatic nitrogens is 5. The normalized spacial score (nSPS) is 18.2. The molecule has 1 aliphatic rings. The van der Waals surface area contributed by atoms with Crippen LogP contribution in [0.5, 0.6) is 0 Å². The molecular formula is C18H21N7O. The largest absolute Gasteiger partial charge is 0.377 e. The van der Waals surface area contributed by atoms with Gasteiger partial charge in [-0.2, -0.15) is 5.10 Å². The first-order chi connectivity index (χ1) is 12.5. The van der Waals surface area contributed by atoms with E-state index < -0.39 is 5.54 Å². The van der Waals surface area contributed by atoms with Gasteiger partial charge in [0.1, 0.15) is 5.69 Å². The first-order valence-corrected chi connectivity index (χ1v) is 8.63. The Morgan fingerprint density at radius 1 is 1.42 bits per heavy atom. The standard InChI is InChI=1S/C18H21N7O/c1-12-11-26-8-7-24(12)16-9-13(18(2,3)19-4)15-10-20-17(25(15)23-16)14-5-6-21-22-14/h5-6,9-10,12H,7-8,11H2,1-3H3,(H,21,22)/t12-/m1/s1. The van der Waals surface area contributed by atoms with Crippen molar-refractivity contribution in [3.8, 4) is 11.5 Å². The van der Waals surface area contributed by atoms with Crippen LogP contribution in [0.25, 0.3) is 21.9 Å². The average molecular weight is 351 g/mol. The summed E-state index contributed by atoms with van der Waals surface area (Å²) in [7, 11) is 0. The predicted molar refractivity (Wildman–Crippen MR) is 97.8 cm³/mol. The number of hydrogen-bond donors (Lipinski definition) is 1. The fraction of sp³-hybridized carbons (Fsp3) is 0.444. The van der Waals surface area contributed by atoms with Crippen molar-refractivity contribution in [3.05, 3.63) is 41.5 Å². The number of rotatable bonds is 3. The minimum Gasteiger partial charge on any atom is -0.377 e. The lowest BCUT2D eigenvalue weighted by molar-refractivity contribution is 0.0984. The summed E-state index contributed by atoms with van der Waals surface area (Å²) in [5.74, 6) is 1.51. The number of aromatic amines is 1. The molecule has 1 N–H and O–H groups in total. The molecule has 3 aromatic rings. The van der Waals surface area contributed by atoms with Gasteiger partial charge in [0.05, 0.1) is 36.5 Å². The molecule has 0 bridgehead atoms. The third kappa shape index (κ3) is 2.61. The first-order valence-electron chi connectivity index (χ1n) is 8.63. The molecule has 1 fully saturated rings. The molecular weight excluding hydrogens is 330 g/mol. The van der Waals surface area contributed by atoms with E-state index >= 15 is 0 Å². The molecule has 4 rings (SSSR count). The van der Waals surface area contributed by atoms with Crippen LogP contribution in [0.1, 0.15) is 26.3 Å². The number of ether oxygens (including phenoxy) is 1. The van der Waals surface area contributed by atoms with E-state index in [2.05, 4.69) is 31.9 Å². The Balaban J connectivity index is 1.96. The SMILES string of the molecule is [C-]#[N+]C(C)(C)c1cc(N2CCOC[C@H]2C)nn2c(-c3ccn[nH]3)ncc12. The van der Waals surface area contributed by atoms with Gasteiger partial charge in [0.25, 0.3) is 5.54 Å². The van der Waals surface area contributed by atoms with Crippen LogP contribution in [0, 0.1) is 6.57 Å². The monoisotopic (exact) mass is 351 g/mol. The summed E-state index contributed by atoms with van der Waals surface area (Å²) in [5.41, 5.74) is 1.85. The topological polar surface area (TPSA) is 75.7 Å². The summed E-state index contributed by atoms with van der Waals surface area (Å²) in [4.78, 5) is 10.6. The molecule has 0 aliphatic carbocycles. The van der Waals surface area contributed by atoms with E-state index in [0.717, 1.165) is 29.1 Å². The zero-order chi connectivity index (χ0) is 18.3. The van der Waals surface area contributed by atoms with Crippen molar-refractivity contribution in [1.29, 1.82) is 0 Å². The summed E-state index contributed by atoms with van der Waals surface area (Å²) < 4.78 is 7.37. The molecule has 4 heterocycles. The molecule has 1 aliphatic heterocycles. The Morgan fingerprint density at radius 2 is 2.27 bits per heavy atom. The van der Waals surface area contributed by atoms with Crippen molar-refractivity contribution < 1.29 is 4.74 Å². The van der Waals surface area contributed by atoms with Crippen LogP contribution in [0.4, 0.5) is 5.82 Å². The number of nitrogens with zero attached hydrogens (tertiary/aromatic N) is 6. The molecule has 0 spiro atoms. The minimum atomic E-state index is -0.681. The molecule has 0 amide bonds. The number of imidazole rings is 1. The van der Waals surface area contributed by atoms with Gasteiger partial charge in [-0.05, 0) is 19.1 Å². The van der Waals surface area contributed by atoms with Gasteiger partial charge in [-0.25, -0.2) is 16.1 Å². The fourth-order valence-electron chi connectivity index (χ4n) is 3.29. The van der Waals surface area contributed by atoms with Crippen molar-refractivity contribution in [1.82, 2.24) is 24.8 Å². The number of fused-ring (bicyclic) bond motifs is 1. The summed E-state index contributed by atoms with van der Waals surface area (Å²) in [6.07, 6.45) is 3.46. The van der Waals surface area contributed by atoms with Gasteiger partial charge in [0, 0.05) is 26.6 Å². The summed E-state index contributed by atoms with van der Waals surface area (Å²) in [5, 5.41) is 11.8. The van der Waals surface area contributed by atoms with E-state index in [0.29, 0.717) is 19.0 Å². The van der Waals surface area contributed by atoms with Gasteiger partial charge in [-0.1, -0.05) is 0 Å². The highest BCUT2D eigenvalue weighted by atomic mass is 16.5. The average Bonchev–Trinajstić information content (AvgIpc) is 3.30. The van der Waals surface area contributed by atoms with E-state index in [1.54, 1.807) is 12.4 Å². The molecule has 26 heavy (non-hydrogen) atoms. The Morgan fingerprint density at radius 3 is 2.96 bits per heavy atom. The molecule has 0 radical (unpaired) electrons. The van der Waals surface area contributed by atoms with Crippen molar-refractivity contribution in [2.45, 2.75) is 32.4 Å². The van der Waals surface area contributed by atoms with Crippen molar-refractivity contribution >= 4 is 11.3 Å². The molecule has 8 heteroatoms. The maximum absolute atomic E-state index is 7.64. The Hall–Kier alpha value is -2.92. The van der Waals surface area contributed by atoms with Crippen LogP contribution in [-0.2, 0) is 10.3 Å². The van der Waals surface area contributed by atoms with Gasteiger partial charge in [0.2, 0.25) is 0 Å². The molecule has 0 saturated carbocycles. The predicted octanol–water partition coefficient (Wildman–Crippen LogP) is 2.50. The van der Waals surface area contributed by atoms with Gasteiger partial charge in [-0.3, -0.25) is 5.10 Å². The fourth-order valence-corrected chi connectivity index (χ4v) is 3.29. The number of anilines is 1. The van der Waals surface area contributed by atoms with Crippen LogP contribution in [0.15, 0.2) is 24.5 Å². The first kappa shape index (κ1) is 16.5. The van der Waals surface area contributed by atoms with Crippen molar-refractivity contribution in [2.24, 2.45) is 0 Å². The van der Waals surface area contributed by atoms with Crippen LogP contribution >= 0.6 is 0 Å². The molecule has 1 atom stereocenters. The number of H-pyrrole nitrogens is 1. The maximum Gasteiger partial charge on any atom is 0.254 e. The van der Waals surface area contributed by atoms with Gasteiger partial charge >= 0.3 is 0 Å². The molecule has 0 aromatic carbocycles. The van der Waals surface area contributed by atoms with E-state index in [-0.39, 0.29) is 6.04 Å². The van der Waals surface area contributed by atoms with E-state index in [9.17, 15) is 0 Å². The molecule has 1 saturated heterocycles. The van der Waals surface area contributed by atoms with Gasteiger partial charge < -0.3 is 14.5 Å². The highest BCUT2D eigenvalue weighted by Gasteiger charge is 2.32. The van der Waals surface area contributed by atoms with E-state index in [1.807, 2.05) is 30.5 Å². The zero-order valence-corrected chi connectivity index (χ0v) is 15.1. The Kier molecular flexibility index (Phi) is 3.89. The zero-order valence-electron chi connectivity index (χ0n) is 15.1. The lowest BCUT2D eigenvalue weighted by Crippen LogP contribution is -2.44. The smallest absolute Gasteiger partial charge is 0.254 e. The molecule has 3 aromatic heterocycles. The van der Waals surface area contributed by atoms with Crippen molar-refractivity contribution in [2.75, 3.05) is 24.7 Å². The highest BCUT2D eigenvalue weighted by molar-refractivity contribution is 5.66. The van der Waals surface area contributed by atoms with Crippen molar-refractivity contribution in [3.63, 3.8) is 0 Å². The molecule has 0 unspecified atom stereocenters. The van der Waals surface area contributed by atoms with Crippen LogP contribution < -0.4 is 4.90 Å². The van der Waals surface area contributed by atoms with E-state index in [4.69, 9.17) is 16.4 Å². The second-order valence-electron chi connectivity index (χ2n) is 7.05. The van der Waals surface area contributed by atoms with Gasteiger partial charge in [0.15, 0.2) is 11.6 Å². The number of morpholine rings is 1. The van der Waals surface area contributed by atoms with E-state index in [1.165, 1.54) is 0 Å². The Labute approximate surface area is 151 Å². The second-order valence-corrected chi connectivity index (χ2v) is 7.05. The quantitative estimate of drug-likeness (QED) is 0.734. The third-order valence-electron chi connectivity index (χ3n) is 4.83. The summed E-state index contributed by atoms with van der Waals surface area (Å²) in [6.45, 7) is 15.7. The number of nitrogens with one attached hydrogen (secondary N) is 1. The van der Waals surface area contributed by atoms with Crippen LogP contribution in [0.2, 0.25) is 0 Å². The third-order valence-corrected chi connectivity index (χ3v) is 4.83. The lowest BCUT2D eigenvalue weighted by Gasteiger charge is -2.34. The molecule has 134 valence electrons. The van der Waals surface area contributed by atoms with Gasteiger partial charge in [-0.15, -0.1) is 5.10 Å². The van der Waals surface area contributed by atoms with Crippen LogP contribution in [0.3, 0.4) is 0 Å². The second kappa shape index (κ2) is 6.11. The Bertz CT molecular complexity index is 967. The lowest BCUT2D eigenvalue weighted by atomic mass is 9.95. The maximum atomic E-state index is 7.64. The number of hydrogen-bond acceptors (Lipinski definition) is 5.